The molecular formula is C7H12ClN3O2. The lowest BCUT2D eigenvalue weighted by Crippen LogP contribution is -2.11. The highest BCUT2D eigenvalue weighted by molar-refractivity contribution is 6.31. The van der Waals surface area contributed by atoms with Crippen LogP contribution >= 0.6 is 11.6 Å². The molecule has 0 saturated heterocycles. The zero-order valence-corrected chi connectivity index (χ0v) is 7.83. The Morgan fingerprint density at radius 2 is 2.23 bits per heavy atom. The SMILES string of the molecule is OCCNc1c(Cl)ncn1CCO. The summed E-state index contributed by atoms with van der Waals surface area (Å²) in [4.78, 5) is 3.86. The van der Waals surface area contributed by atoms with Gasteiger partial charge in [0.15, 0.2) is 5.15 Å². The molecular weight excluding hydrogens is 194 g/mol. The number of halogens is 1. The monoisotopic (exact) mass is 205 g/mol. The Hall–Kier alpha value is -0.780. The van der Waals surface area contributed by atoms with Gasteiger partial charge in [-0.25, -0.2) is 4.98 Å². The van der Waals surface area contributed by atoms with E-state index in [1.54, 1.807) is 4.57 Å². The van der Waals surface area contributed by atoms with Gasteiger partial charge in [-0.2, -0.15) is 0 Å². The largest absolute Gasteiger partial charge is 0.395 e. The minimum Gasteiger partial charge on any atom is -0.395 e. The summed E-state index contributed by atoms with van der Waals surface area (Å²) in [5.74, 6) is 0.629. The van der Waals surface area contributed by atoms with Crippen LogP contribution in [0.2, 0.25) is 5.15 Å². The van der Waals surface area contributed by atoms with Crippen molar-refractivity contribution in [3.8, 4) is 0 Å². The molecule has 0 unspecified atom stereocenters. The zero-order valence-electron chi connectivity index (χ0n) is 7.07. The van der Waals surface area contributed by atoms with Crippen molar-refractivity contribution in [2.45, 2.75) is 6.54 Å². The number of hydrogen-bond donors (Lipinski definition) is 3. The van der Waals surface area contributed by atoms with Crippen molar-refractivity contribution in [3.63, 3.8) is 0 Å². The van der Waals surface area contributed by atoms with Crippen molar-refractivity contribution in [1.29, 1.82) is 0 Å². The molecule has 13 heavy (non-hydrogen) atoms. The molecule has 0 aliphatic heterocycles. The number of rotatable bonds is 5. The van der Waals surface area contributed by atoms with Crippen LogP contribution in [0.1, 0.15) is 0 Å². The molecule has 0 aliphatic carbocycles. The maximum absolute atomic E-state index is 8.71. The van der Waals surface area contributed by atoms with Crippen LogP contribution in [0.25, 0.3) is 0 Å². The predicted octanol–water partition coefficient (Wildman–Crippen LogP) is -0.0670. The van der Waals surface area contributed by atoms with Crippen LogP contribution in [0, 0.1) is 0 Å². The van der Waals surface area contributed by atoms with Gasteiger partial charge < -0.3 is 20.1 Å². The molecule has 1 aromatic heterocycles. The van der Waals surface area contributed by atoms with Gasteiger partial charge in [0.05, 0.1) is 19.5 Å². The van der Waals surface area contributed by atoms with Gasteiger partial charge in [-0.05, 0) is 0 Å². The molecule has 3 N–H and O–H groups in total. The third-order valence-corrected chi connectivity index (χ3v) is 1.81. The molecule has 0 bridgehead atoms. The summed E-state index contributed by atoms with van der Waals surface area (Å²) in [5, 5.41) is 20.6. The van der Waals surface area contributed by atoms with Gasteiger partial charge >= 0.3 is 0 Å². The van der Waals surface area contributed by atoms with Crippen LogP contribution in [-0.2, 0) is 6.54 Å². The molecule has 1 rings (SSSR count). The molecule has 0 aliphatic rings. The van der Waals surface area contributed by atoms with E-state index in [9.17, 15) is 0 Å². The van der Waals surface area contributed by atoms with Crippen molar-refractivity contribution < 1.29 is 10.2 Å². The number of aliphatic hydroxyl groups excluding tert-OH is 2. The summed E-state index contributed by atoms with van der Waals surface area (Å²) in [6.07, 6.45) is 1.54. The lowest BCUT2D eigenvalue weighted by atomic mass is 10.6. The highest BCUT2D eigenvalue weighted by atomic mass is 35.5. The van der Waals surface area contributed by atoms with Gasteiger partial charge in [-0.1, -0.05) is 11.6 Å². The number of aromatic nitrogens is 2. The minimum absolute atomic E-state index is 0.0283. The van der Waals surface area contributed by atoms with E-state index in [0.717, 1.165) is 0 Å². The zero-order chi connectivity index (χ0) is 9.68. The number of anilines is 1. The maximum atomic E-state index is 8.71. The molecule has 0 aromatic carbocycles. The summed E-state index contributed by atoms with van der Waals surface area (Å²) in [5.41, 5.74) is 0. The standard InChI is InChI=1S/C7H12ClN3O2/c8-6-7(9-1-3-12)11(2-4-13)5-10-6/h5,9,12-13H,1-4H2. The smallest absolute Gasteiger partial charge is 0.171 e. The molecule has 0 amide bonds. The van der Waals surface area contributed by atoms with Crippen LogP contribution in [0.15, 0.2) is 6.33 Å². The van der Waals surface area contributed by atoms with Gasteiger partial charge in [0.1, 0.15) is 5.82 Å². The fourth-order valence-corrected chi connectivity index (χ4v) is 1.20. The fraction of sp³-hybridized carbons (Fsp3) is 0.571. The van der Waals surface area contributed by atoms with Gasteiger partial charge in [0, 0.05) is 13.1 Å². The topological polar surface area (TPSA) is 70.3 Å². The van der Waals surface area contributed by atoms with Gasteiger partial charge in [-0.3, -0.25) is 0 Å². The van der Waals surface area contributed by atoms with Crippen molar-refractivity contribution >= 4 is 17.4 Å². The van der Waals surface area contributed by atoms with Crippen LogP contribution in [0.5, 0.6) is 0 Å². The normalized spacial score (nSPS) is 10.4. The van der Waals surface area contributed by atoms with Crippen LogP contribution < -0.4 is 5.32 Å². The van der Waals surface area contributed by atoms with Crippen LogP contribution in [0.3, 0.4) is 0 Å². The minimum atomic E-state index is 0.0283. The van der Waals surface area contributed by atoms with E-state index < -0.39 is 0 Å². The van der Waals surface area contributed by atoms with Gasteiger partial charge in [0.2, 0.25) is 0 Å². The average molecular weight is 206 g/mol. The maximum Gasteiger partial charge on any atom is 0.171 e. The van der Waals surface area contributed by atoms with E-state index in [0.29, 0.717) is 24.1 Å². The van der Waals surface area contributed by atoms with E-state index in [1.807, 2.05) is 0 Å². The third-order valence-electron chi connectivity index (χ3n) is 1.54. The molecule has 0 atom stereocenters. The Morgan fingerprint density at radius 1 is 1.46 bits per heavy atom. The number of nitrogens with one attached hydrogen (secondary N) is 1. The van der Waals surface area contributed by atoms with Crippen molar-refractivity contribution in [3.05, 3.63) is 11.5 Å². The van der Waals surface area contributed by atoms with Crippen molar-refractivity contribution in [2.24, 2.45) is 0 Å². The molecule has 0 radical (unpaired) electrons. The first kappa shape index (κ1) is 10.3. The molecule has 6 heteroatoms. The lowest BCUT2D eigenvalue weighted by molar-refractivity contribution is 0.276. The number of nitrogens with zero attached hydrogens (tertiary/aromatic N) is 2. The second kappa shape index (κ2) is 5.06. The Labute approximate surface area is 81.0 Å². The molecule has 0 fully saturated rings. The summed E-state index contributed by atoms with van der Waals surface area (Å²) >= 11 is 5.76. The fourth-order valence-electron chi connectivity index (χ4n) is 0.984. The first-order valence-corrected chi connectivity index (χ1v) is 4.33. The second-order valence-electron chi connectivity index (χ2n) is 2.45. The Morgan fingerprint density at radius 3 is 2.85 bits per heavy atom. The average Bonchev–Trinajstić information content (AvgIpc) is 2.45. The number of hydrogen-bond acceptors (Lipinski definition) is 4. The Balaban J connectivity index is 2.69. The first-order valence-electron chi connectivity index (χ1n) is 3.95. The van der Waals surface area contributed by atoms with E-state index in [4.69, 9.17) is 21.8 Å². The van der Waals surface area contributed by atoms with Crippen molar-refractivity contribution in [1.82, 2.24) is 9.55 Å². The number of imidazole rings is 1. The van der Waals surface area contributed by atoms with E-state index in [-0.39, 0.29) is 13.2 Å². The lowest BCUT2D eigenvalue weighted by Gasteiger charge is -2.07. The van der Waals surface area contributed by atoms with Crippen LogP contribution in [-0.4, -0.2) is 39.5 Å². The molecule has 74 valence electrons. The summed E-state index contributed by atoms with van der Waals surface area (Å²) < 4.78 is 1.69. The Kier molecular flexibility index (Phi) is 4.01. The third kappa shape index (κ3) is 2.58. The van der Waals surface area contributed by atoms with E-state index in [1.165, 1.54) is 6.33 Å². The molecule has 1 heterocycles. The quantitative estimate of drug-likeness (QED) is 0.630. The summed E-state index contributed by atoms with van der Waals surface area (Å²) in [7, 11) is 0. The summed E-state index contributed by atoms with van der Waals surface area (Å²) in [6, 6.07) is 0. The molecule has 1 aromatic rings. The van der Waals surface area contributed by atoms with Crippen molar-refractivity contribution in [2.75, 3.05) is 25.1 Å². The van der Waals surface area contributed by atoms with Gasteiger partial charge in [-0.15, -0.1) is 0 Å². The highest BCUT2D eigenvalue weighted by Gasteiger charge is 2.06. The second-order valence-corrected chi connectivity index (χ2v) is 2.81. The molecule has 0 spiro atoms. The van der Waals surface area contributed by atoms with E-state index in [2.05, 4.69) is 10.3 Å². The van der Waals surface area contributed by atoms with Crippen LogP contribution in [0.4, 0.5) is 5.82 Å². The Bertz CT molecular complexity index is 264. The highest BCUT2D eigenvalue weighted by Crippen LogP contribution is 2.18. The van der Waals surface area contributed by atoms with Gasteiger partial charge in [0.25, 0.3) is 0 Å². The predicted molar refractivity (Wildman–Crippen MR) is 49.9 cm³/mol. The molecule has 5 nitrogen and oxygen atoms in total. The molecule has 0 saturated carbocycles. The number of aliphatic hydroxyl groups is 2. The summed E-state index contributed by atoms with van der Waals surface area (Å²) in [6.45, 7) is 0.908. The van der Waals surface area contributed by atoms with E-state index >= 15 is 0 Å². The first-order chi connectivity index (χ1) is 6.29.